The van der Waals surface area contributed by atoms with E-state index < -0.39 is 0 Å². The molecule has 110 valence electrons. The molecule has 4 N–H and O–H groups in total. The lowest BCUT2D eigenvalue weighted by Gasteiger charge is -2.15. The average Bonchev–Trinajstić information content (AvgIpc) is 2.54. The third kappa shape index (κ3) is 3.20. The number of para-hydroxylation sites is 1. The minimum absolute atomic E-state index is 0.194. The molecule has 0 saturated heterocycles. The zero-order valence-electron chi connectivity index (χ0n) is 12.3. The van der Waals surface area contributed by atoms with Crippen molar-refractivity contribution in [3.8, 4) is 0 Å². The zero-order chi connectivity index (χ0) is 15.2. The van der Waals surface area contributed by atoms with Crippen molar-refractivity contribution in [3.63, 3.8) is 0 Å². The van der Waals surface area contributed by atoms with Gasteiger partial charge in [-0.05, 0) is 30.0 Å². The highest BCUT2D eigenvalue weighted by molar-refractivity contribution is 6.08. The van der Waals surface area contributed by atoms with Crippen LogP contribution in [0.4, 0.5) is 11.4 Å². The maximum absolute atomic E-state index is 12.5. The lowest BCUT2D eigenvalue weighted by atomic mass is 10.0. The van der Waals surface area contributed by atoms with Gasteiger partial charge in [-0.2, -0.15) is 0 Å². The molecule has 0 saturated carbocycles. The lowest BCUT2D eigenvalue weighted by molar-refractivity contribution is 0.102. The van der Waals surface area contributed by atoms with Gasteiger partial charge in [-0.3, -0.25) is 15.6 Å². The zero-order valence-corrected chi connectivity index (χ0v) is 12.3. The van der Waals surface area contributed by atoms with Gasteiger partial charge in [0.15, 0.2) is 0 Å². The molecule has 0 aliphatic rings. The quantitative estimate of drug-likeness (QED) is 0.582. The molecule has 1 amide bonds. The van der Waals surface area contributed by atoms with Crippen LogP contribution >= 0.6 is 0 Å². The van der Waals surface area contributed by atoms with E-state index in [4.69, 9.17) is 5.84 Å². The predicted molar refractivity (Wildman–Crippen MR) is 85.2 cm³/mol. The monoisotopic (exact) mass is 284 g/mol. The Morgan fingerprint density at radius 1 is 1.19 bits per heavy atom. The summed E-state index contributed by atoms with van der Waals surface area (Å²) in [4.78, 5) is 16.4. The molecule has 0 spiro atoms. The van der Waals surface area contributed by atoms with E-state index in [0.717, 1.165) is 29.7 Å². The number of nitrogens with one attached hydrogen (secondary N) is 2. The number of carbonyl (C=O) groups is 1. The highest BCUT2D eigenvalue weighted by atomic mass is 16.1. The van der Waals surface area contributed by atoms with Crippen molar-refractivity contribution < 1.29 is 4.79 Å². The fraction of sp³-hybridized carbons (Fsp3) is 0.250. The van der Waals surface area contributed by atoms with Crippen LogP contribution in [-0.2, 0) is 12.8 Å². The number of hydrogen-bond acceptors (Lipinski definition) is 4. The molecule has 2 aromatic rings. The van der Waals surface area contributed by atoms with Crippen LogP contribution in [0.1, 0.15) is 35.3 Å². The molecule has 0 atom stereocenters. The Balaban J connectivity index is 2.36. The molecule has 0 bridgehead atoms. The van der Waals surface area contributed by atoms with Gasteiger partial charge < -0.3 is 10.7 Å². The minimum atomic E-state index is -0.194. The molecule has 5 nitrogen and oxygen atoms in total. The first-order chi connectivity index (χ1) is 10.2. The molecule has 0 radical (unpaired) electrons. The summed E-state index contributed by atoms with van der Waals surface area (Å²) in [5, 5.41) is 3.01. The molecular formula is C16H20N4O. The van der Waals surface area contributed by atoms with Crippen LogP contribution in [0, 0.1) is 0 Å². The third-order valence-electron chi connectivity index (χ3n) is 3.46. The van der Waals surface area contributed by atoms with Crippen molar-refractivity contribution in [2.24, 2.45) is 5.84 Å². The van der Waals surface area contributed by atoms with Gasteiger partial charge in [0.1, 0.15) is 0 Å². The normalized spacial score (nSPS) is 10.2. The first-order valence-electron chi connectivity index (χ1n) is 7.04. The van der Waals surface area contributed by atoms with Crippen LogP contribution in [0.2, 0.25) is 0 Å². The molecular weight excluding hydrogens is 264 g/mol. The molecule has 1 heterocycles. The van der Waals surface area contributed by atoms with Gasteiger partial charge in [0.2, 0.25) is 0 Å². The van der Waals surface area contributed by atoms with E-state index in [1.165, 1.54) is 6.20 Å². The Morgan fingerprint density at radius 3 is 2.43 bits per heavy atom. The molecule has 2 rings (SSSR count). The van der Waals surface area contributed by atoms with Crippen LogP contribution < -0.4 is 16.6 Å². The molecule has 0 aliphatic heterocycles. The number of hydrazine groups is 1. The number of nitrogens with zero attached hydrogens (tertiary/aromatic N) is 1. The molecule has 0 unspecified atom stereocenters. The highest BCUT2D eigenvalue weighted by Gasteiger charge is 2.14. The maximum Gasteiger partial charge on any atom is 0.257 e. The molecule has 0 fully saturated rings. The topological polar surface area (TPSA) is 80.0 Å². The fourth-order valence-corrected chi connectivity index (χ4v) is 2.29. The van der Waals surface area contributed by atoms with Crippen LogP contribution in [0.5, 0.6) is 0 Å². The van der Waals surface area contributed by atoms with Crippen LogP contribution in [0.15, 0.2) is 36.7 Å². The van der Waals surface area contributed by atoms with E-state index in [9.17, 15) is 4.79 Å². The maximum atomic E-state index is 12.5. The molecule has 0 aliphatic carbocycles. The molecule has 5 heteroatoms. The van der Waals surface area contributed by atoms with Crippen molar-refractivity contribution in [1.82, 2.24) is 4.98 Å². The standard InChI is InChI=1S/C16H20N4O/c1-3-11-6-5-7-12(4-2)15(11)19-16(21)13-8-9-18-10-14(13)20-17/h5-10,20H,3-4,17H2,1-2H3,(H,19,21). The summed E-state index contributed by atoms with van der Waals surface area (Å²) in [6, 6.07) is 7.73. The second-order valence-corrected chi connectivity index (χ2v) is 4.68. The van der Waals surface area contributed by atoms with E-state index in [1.807, 2.05) is 18.2 Å². The van der Waals surface area contributed by atoms with Gasteiger partial charge in [-0.15, -0.1) is 0 Å². The number of amides is 1. The number of aryl methyl sites for hydroxylation is 2. The summed E-state index contributed by atoms with van der Waals surface area (Å²) >= 11 is 0. The van der Waals surface area contributed by atoms with Crippen LogP contribution in [0.25, 0.3) is 0 Å². The summed E-state index contributed by atoms with van der Waals surface area (Å²) in [6.07, 6.45) is 4.83. The van der Waals surface area contributed by atoms with Crippen LogP contribution in [-0.4, -0.2) is 10.9 Å². The Hall–Kier alpha value is -2.40. The lowest BCUT2D eigenvalue weighted by Crippen LogP contribution is -2.19. The van der Waals surface area contributed by atoms with Crippen molar-refractivity contribution in [2.45, 2.75) is 26.7 Å². The second kappa shape index (κ2) is 6.85. The average molecular weight is 284 g/mol. The second-order valence-electron chi connectivity index (χ2n) is 4.68. The van der Waals surface area contributed by atoms with Crippen molar-refractivity contribution in [3.05, 3.63) is 53.3 Å². The summed E-state index contributed by atoms with van der Waals surface area (Å²) in [6.45, 7) is 4.15. The predicted octanol–water partition coefficient (Wildman–Crippen LogP) is 2.74. The highest BCUT2D eigenvalue weighted by Crippen LogP contribution is 2.24. The number of nitrogen functional groups attached to an aromatic ring is 1. The first-order valence-corrected chi connectivity index (χ1v) is 7.04. The van der Waals surface area contributed by atoms with E-state index in [-0.39, 0.29) is 5.91 Å². The van der Waals surface area contributed by atoms with Gasteiger partial charge >= 0.3 is 0 Å². The molecule has 1 aromatic heterocycles. The van der Waals surface area contributed by atoms with Crippen molar-refractivity contribution in [1.29, 1.82) is 0 Å². The fourth-order valence-electron chi connectivity index (χ4n) is 2.29. The van der Waals surface area contributed by atoms with Gasteiger partial charge in [-0.25, -0.2) is 0 Å². The van der Waals surface area contributed by atoms with Gasteiger partial charge in [0, 0.05) is 11.9 Å². The number of pyridine rings is 1. The number of benzene rings is 1. The Kier molecular flexibility index (Phi) is 4.90. The van der Waals surface area contributed by atoms with Crippen LogP contribution in [0.3, 0.4) is 0 Å². The Bertz CT molecular complexity index is 618. The van der Waals surface area contributed by atoms with Gasteiger partial charge in [0.05, 0.1) is 17.4 Å². The van der Waals surface area contributed by atoms with E-state index in [0.29, 0.717) is 11.3 Å². The number of nitrogens with two attached hydrogens (primary N) is 1. The van der Waals surface area contributed by atoms with Crippen molar-refractivity contribution in [2.75, 3.05) is 10.7 Å². The first kappa shape index (κ1) is 15.0. The summed E-state index contributed by atoms with van der Waals surface area (Å²) in [5.74, 6) is 5.23. The minimum Gasteiger partial charge on any atom is -0.322 e. The number of hydrogen-bond donors (Lipinski definition) is 3. The number of carbonyl (C=O) groups excluding carboxylic acids is 1. The number of anilines is 2. The number of aromatic nitrogens is 1. The smallest absolute Gasteiger partial charge is 0.257 e. The summed E-state index contributed by atoms with van der Waals surface area (Å²) in [5.41, 5.74) is 6.61. The molecule has 1 aromatic carbocycles. The van der Waals surface area contributed by atoms with Gasteiger partial charge in [0.25, 0.3) is 5.91 Å². The van der Waals surface area contributed by atoms with E-state index in [2.05, 4.69) is 29.6 Å². The Labute approximate surface area is 124 Å². The largest absolute Gasteiger partial charge is 0.322 e. The Morgan fingerprint density at radius 2 is 1.86 bits per heavy atom. The number of rotatable bonds is 5. The van der Waals surface area contributed by atoms with E-state index >= 15 is 0 Å². The van der Waals surface area contributed by atoms with Gasteiger partial charge in [-0.1, -0.05) is 32.0 Å². The summed E-state index contributed by atoms with van der Waals surface area (Å²) < 4.78 is 0. The SMILES string of the molecule is CCc1cccc(CC)c1NC(=O)c1ccncc1NN. The third-order valence-corrected chi connectivity index (χ3v) is 3.46. The van der Waals surface area contributed by atoms with E-state index in [1.54, 1.807) is 12.3 Å². The summed E-state index contributed by atoms with van der Waals surface area (Å²) in [7, 11) is 0. The van der Waals surface area contributed by atoms with Crippen molar-refractivity contribution >= 4 is 17.3 Å². The molecule has 21 heavy (non-hydrogen) atoms.